The van der Waals surface area contributed by atoms with Crippen molar-refractivity contribution < 1.29 is 19.8 Å². The monoisotopic (exact) mass is 268 g/mol. The van der Waals surface area contributed by atoms with E-state index in [9.17, 15) is 14.7 Å². The first kappa shape index (κ1) is 13.5. The van der Waals surface area contributed by atoms with Gasteiger partial charge < -0.3 is 10.2 Å². The van der Waals surface area contributed by atoms with E-state index in [0.29, 0.717) is 5.56 Å². The lowest BCUT2D eigenvalue weighted by molar-refractivity contribution is 0.0693. The van der Waals surface area contributed by atoms with Crippen molar-refractivity contribution >= 4 is 17.8 Å². The summed E-state index contributed by atoms with van der Waals surface area (Å²) >= 11 is 0. The van der Waals surface area contributed by atoms with Crippen molar-refractivity contribution in [1.82, 2.24) is 0 Å². The Morgan fingerprint density at radius 1 is 0.950 bits per heavy atom. The maximum absolute atomic E-state index is 11.9. The van der Waals surface area contributed by atoms with Crippen LogP contribution in [0.3, 0.4) is 0 Å². The van der Waals surface area contributed by atoms with E-state index in [1.54, 1.807) is 24.3 Å². The van der Waals surface area contributed by atoms with Gasteiger partial charge in [-0.15, -0.1) is 0 Å². The Labute approximate surface area is 115 Å². The van der Waals surface area contributed by atoms with Gasteiger partial charge in [-0.1, -0.05) is 42.5 Å². The minimum absolute atomic E-state index is 0.195. The van der Waals surface area contributed by atoms with Gasteiger partial charge in [0.2, 0.25) is 0 Å². The van der Waals surface area contributed by atoms with Crippen LogP contribution in [0.4, 0.5) is 0 Å². The number of para-hydroxylation sites is 1. The van der Waals surface area contributed by atoms with E-state index in [-0.39, 0.29) is 22.7 Å². The second-order valence-corrected chi connectivity index (χ2v) is 4.11. The lowest BCUT2D eigenvalue weighted by Gasteiger charge is -2.02. The summed E-state index contributed by atoms with van der Waals surface area (Å²) in [6.07, 6.45) is 2.70. The van der Waals surface area contributed by atoms with Gasteiger partial charge >= 0.3 is 5.97 Å². The molecule has 2 rings (SSSR count). The van der Waals surface area contributed by atoms with Gasteiger partial charge in [0, 0.05) is 11.1 Å². The number of ketones is 1. The number of aromatic carboxylic acids is 1. The molecule has 0 saturated carbocycles. The molecule has 0 bridgehead atoms. The zero-order valence-corrected chi connectivity index (χ0v) is 10.5. The first-order chi connectivity index (χ1) is 9.59. The van der Waals surface area contributed by atoms with Crippen molar-refractivity contribution in [1.29, 1.82) is 0 Å². The molecule has 20 heavy (non-hydrogen) atoms. The van der Waals surface area contributed by atoms with Crippen LogP contribution < -0.4 is 0 Å². The van der Waals surface area contributed by atoms with Gasteiger partial charge in [-0.05, 0) is 18.2 Å². The van der Waals surface area contributed by atoms with Gasteiger partial charge in [-0.2, -0.15) is 0 Å². The predicted octanol–water partition coefficient (Wildman–Crippen LogP) is 2.99. The van der Waals surface area contributed by atoms with Crippen LogP contribution in [-0.4, -0.2) is 22.0 Å². The lowest BCUT2D eigenvalue weighted by atomic mass is 10.1. The highest BCUT2D eigenvalue weighted by Crippen LogP contribution is 2.23. The number of aromatic hydroxyl groups is 1. The third-order valence-electron chi connectivity index (χ3n) is 2.77. The Morgan fingerprint density at radius 2 is 1.65 bits per heavy atom. The fourth-order valence-electron chi connectivity index (χ4n) is 1.73. The Hall–Kier alpha value is -2.88. The number of phenols is 1. The van der Waals surface area contributed by atoms with E-state index >= 15 is 0 Å². The molecule has 2 aromatic carbocycles. The Balaban J connectivity index is 2.27. The lowest BCUT2D eigenvalue weighted by Crippen LogP contribution is -1.97. The second-order valence-electron chi connectivity index (χ2n) is 4.11. The number of carboxylic acids is 1. The van der Waals surface area contributed by atoms with E-state index in [4.69, 9.17) is 5.11 Å². The van der Waals surface area contributed by atoms with E-state index in [2.05, 4.69) is 0 Å². The van der Waals surface area contributed by atoms with Crippen LogP contribution >= 0.6 is 0 Å². The smallest absolute Gasteiger partial charge is 0.339 e. The second kappa shape index (κ2) is 5.84. The maximum Gasteiger partial charge on any atom is 0.339 e. The molecule has 0 aliphatic heterocycles. The van der Waals surface area contributed by atoms with E-state index < -0.39 is 5.97 Å². The molecule has 2 N–H and O–H groups in total. The molecule has 0 fully saturated rings. The molecule has 0 unspecified atom stereocenters. The quantitative estimate of drug-likeness (QED) is 0.660. The van der Waals surface area contributed by atoms with E-state index in [1.165, 1.54) is 30.4 Å². The summed E-state index contributed by atoms with van der Waals surface area (Å²) < 4.78 is 0. The number of hydrogen-bond acceptors (Lipinski definition) is 3. The van der Waals surface area contributed by atoms with Crippen molar-refractivity contribution in [2.24, 2.45) is 0 Å². The maximum atomic E-state index is 11.9. The highest BCUT2D eigenvalue weighted by atomic mass is 16.4. The molecule has 0 aliphatic rings. The molecular formula is C16H12O4. The number of allylic oxidation sites excluding steroid dienone is 1. The highest BCUT2D eigenvalue weighted by Gasteiger charge is 2.11. The zero-order chi connectivity index (χ0) is 14.5. The van der Waals surface area contributed by atoms with Gasteiger partial charge in [-0.25, -0.2) is 4.79 Å². The summed E-state index contributed by atoms with van der Waals surface area (Å²) in [5.41, 5.74) is 0.617. The standard InChI is InChI=1S/C16H12O4/c17-14(11-5-2-1-3-6-11)10-9-12-7-4-8-13(15(12)18)16(19)20/h1-10,18H,(H,19,20)/b10-9+. The topological polar surface area (TPSA) is 74.6 Å². The van der Waals surface area contributed by atoms with Crippen LogP contribution in [0, 0.1) is 0 Å². The first-order valence-electron chi connectivity index (χ1n) is 5.92. The SMILES string of the molecule is O=C(/C=C/c1cccc(C(=O)O)c1O)c1ccccc1. The van der Waals surface area contributed by atoms with Crippen molar-refractivity contribution in [3.05, 3.63) is 71.3 Å². The van der Waals surface area contributed by atoms with E-state index in [1.807, 2.05) is 6.07 Å². The van der Waals surface area contributed by atoms with Crippen molar-refractivity contribution in [2.45, 2.75) is 0 Å². The van der Waals surface area contributed by atoms with Crippen LogP contribution in [0.25, 0.3) is 6.08 Å². The average Bonchev–Trinajstić information content (AvgIpc) is 2.46. The number of rotatable bonds is 4. The van der Waals surface area contributed by atoms with Crippen molar-refractivity contribution in [3.8, 4) is 5.75 Å². The molecule has 0 saturated heterocycles. The number of benzene rings is 2. The molecule has 2 aromatic rings. The third-order valence-corrected chi connectivity index (χ3v) is 2.77. The molecule has 0 amide bonds. The summed E-state index contributed by atoms with van der Waals surface area (Å²) in [7, 11) is 0. The van der Waals surface area contributed by atoms with Gasteiger partial charge in [0.25, 0.3) is 0 Å². The van der Waals surface area contributed by atoms with Gasteiger partial charge in [0.1, 0.15) is 11.3 Å². The zero-order valence-electron chi connectivity index (χ0n) is 10.5. The molecular weight excluding hydrogens is 256 g/mol. The summed E-state index contributed by atoms with van der Waals surface area (Å²) in [4.78, 5) is 22.7. The highest BCUT2D eigenvalue weighted by molar-refractivity contribution is 6.07. The molecule has 4 heteroatoms. The van der Waals surface area contributed by atoms with Crippen LogP contribution in [0.5, 0.6) is 5.75 Å². The molecule has 4 nitrogen and oxygen atoms in total. The van der Waals surface area contributed by atoms with Crippen LogP contribution in [0.2, 0.25) is 0 Å². The number of hydrogen-bond donors (Lipinski definition) is 2. The fraction of sp³-hybridized carbons (Fsp3) is 0. The molecule has 0 aliphatic carbocycles. The van der Waals surface area contributed by atoms with Crippen molar-refractivity contribution in [2.75, 3.05) is 0 Å². The minimum atomic E-state index is -1.22. The number of carbonyl (C=O) groups is 2. The average molecular weight is 268 g/mol. The largest absolute Gasteiger partial charge is 0.506 e. The Bertz CT molecular complexity index is 672. The van der Waals surface area contributed by atoms with Crippen LogP contribution in [0.1, 0.15) is 26.3 Å². The third kappa shape index (κ3) is 2.92. The fourth-order valence-corrected chi connectivity index (χ4v) is 1.73. The predicted molar refractivity (Wildman–Crippen MR) is 74.9 cm³/mol. The van der Waals surface area contributed by atoms with Crippen LogP contribution in [-0.2, 0) is 0 Å². The summed E-state index contributed by atoms with van der Waals surface area (Å²) in [6, 6.07) is 13.0. The Kier molecular flexibility index (Phi) is 3.96. The van der Waals surface area contributed by atoms with E-state index in [0.717, 1.165) is 0 Å². The molecule has 0 heterocycles. The Morgan fingerprint density at radius 3 is 2.30 bits per heavy atom. The summed E-state index contributed by atoms with van der Waals surface area (Å²) in [5, 5.41) is 18.7. The van der Waals surface area contributed by atoms with Gasteiger partial charge in [0.15, 0.2) is 5.78 Å². The summed E-state index contributed by atoms with van der Waals surface area (Å²) in [5.74, 6) is -1.78. The van der Waals surface area contributed by atoms with Crippen molar-refractivity contribution in [3.63, 3.8) is 0 Å². The molecule has 0 radical (unpaired) electrons. The van der Waals surface area contributed by atoms with Gasteiger partial charge in [0.05, 0.1) is 0 Å². The first-order valence-corrected chi connectivity index (χ1v) is 5.92. The van der Waals surface area contributed by atoms with Crippen LogP contribution in [0.15, 0.2) is 54.6 Å². The normalized spacial score (nSPS) is 10.6. The minimum Gasteiger partial charge on any atom is -0.506 e. The molecule has 100 valence electrons. The molecule has 0 atom stereocenters. The molecule has 0 spiro atoms. The summed E-state index contributed by atoms with van der Waals surface area (Å²) in [6.45, 7) is 0. The number of carboxylic acid groups (broad SMARTS) is 1. The number of carbonyl (C=O) groups excluding carboxylic acids is 1. The molecule has 0 aromatic heterocycles. The van der Waals surface area contributed by atoms with Gasteiger partial charge in [-0.3, -0.25) is 4.79 Å².